The van der Waals surface area contributed by atoms with Crippen LogP contribution in [0, 0.1) is 6.92 Å². The number of nitrogens with one attached hydrogen (secondary N) is 1. The van der Waals surface area contributed by atoms with Gasteiger partial charge in [-0.1, -0.05) is 13.8 Å². The molecule has 0 spiro atoms. The first-order chi connectivity index (χ1) is 5.86. The lowest BCUT2D eigenvalue weighted by Gasteiger charge is -1.80. The molecule has 64 valence electrons. The topological polar surface area (TPSA) is 41.6 Å². The van der Waals surface area contributed by atoms with Crippen LogP contribution in [0.1, 0.15) is 19.7 Å². The standard InChI is InChI=1S/C7H7N3.C2H6/c1-5-9-6-3-2-4-8-7(6)10-5;1-2/h2-4H,1H3,(H,8,9,10);1-2H3. The minimum absolute atomic E-state index is 0.792. The molecule has 0 aromatic carbocycles. The normalized spacial score (nSPS) is 9.25. The average molecular weight is 163 g/mol. The van der Waals surface area contributed by atoms with E-state index in [-0.39, 0.29) is 0 Å². The molecule has 2 rings (SSSR count). The van der Waals surface area contributed by atoms with E-state index in [2.05, 4.69) is 15.0 Å². The van der Waals surface area contributed by atoms with Gasteiger partial charge >= 0.3 is 0 Å². The Morgan fingerprint density at radius 2 is 2.08 bits per heavy atom. The van der Waals surface area contributed by atoms with Gasteiger partial charge in [0.05, 0.1) is 5.52 Å². The maximum absolute atomic E-state index is 4.15. The molecular weight excluding hydrogens is 150 g/mol. The van der Waals surface area contributed by atoms with Gasteiger partial charge in [0.2, 0.25) is 0 Å². The van der Waals surface area contributed by atoms with Gasteiger partial charge in [-0.15, -0.1) is 0 Å². The molecule has 2 aromatic rings. The molecule has 3 nitrogen and oxygen atoms in total. The first-order valence-corrected chi connectivity index (χ1v) is 4.13. The van der Waals surface area contributed by atoms with E-state index in [0.717, 1.165) is 17.0 Å². The van der Waals surface area contributed by atoms with Crippen molar-refractivity contribution >= 4 is 11.2 Å². The molecule has 0 amide bonds. The van der Waals surface area contributed by atoms with E-state index in [1.165, 1.54) is 0 Å². The molecule has 2 aromatic heterocycles. The zero-order chi connectivity index (χ0) is 8.97. The SMILES string of the molecule is CC.Cc1nc2ncccc2[nH]1. The predicted octanol–water partition coefficient (Wildman–Crippen LogP) is 2.29. The van der Waals surface area contributed by atoms with E-state index in [0.29, 0.717) is 0 Å². The van der Waals surface area contributed by atoms with Crippen molar-refractivity contribution in [3.63, 3.8) is 0 Å². The number of H-pyrrole nitrogens is 1. The first kappa shape index (κ1) is 8.71. The molecule has 0 aliphatic rings. The van der Waals surface area contributed by atoms with Crippen LogP contribution in [0.3, 0.4) is 0 Å². The smallest absolute Gasteiger partial charge is 0.177 e. The number of pyridine rings is 1. The molecule has 0 saturated heterocycles. The van der Waals surface area contributed by atoms with Crippen LogP contribution in [-0.2, 0) is 0 Å². The van der Waals surface area contributed by atoms with Gasteiger partial charge in [0, 0.05) is 6.20 Å². The van der Waals surface area contributed by atoms with Crippen molar-refractivity contribution in [3.05, 3.63) is 24.2 Å². The van der Waals surface area contributed by atoms with Crippen LogP contribution >= 0.6 is 0 Å². The molecule has 0 fully saturated rings. The maximum Gasteiger partial charge on any atom is 0.177 e. The third-order valence-electron chi connectivity index (χ3n) is 1.38. The molecule has 0 aliphatic carbocycles. The average Bonchev–Trinajstić information content (AvgIpc) is 2.48. The van der Waals surface area contributed by atoms with Crippen molar-refractivity contribution in [3.8, 4) is 0 Å². The fraction of sp³-hybridized carbons (Fsp3) is 0.333. The second-order valence-electron chi connectivity index (χ2n) is 2.20. The molecule has 0 unspecified atom stereocenters. The number of aromatic amines is 1. The van der Waals surface area contributed by atoms with Gasteiger partial charge in [-0.05, 0) is 19.1 Å². The quantitative estimate of drug-likeness (QED) is 0.647. The number of imidazole rings is 1. The Balaban J connectivity index is 0.000000336. The van der Waals surface area contributed by atoms with Crippen molar-refractivity contribution < 1.29 is 0 Å². The third-order valence-corrected chi connectivity index (χ3v) is 1.38. The zero-order valence-electron chi connectivity index (χ0n) is 7.63. The largest absolute Gasteiger partial charge is 0.341 e. The summed E-state index contributed by atoms with van der Waals surface area (Å²) in [5.74, 6) is 0.911. The summed E-state index contributed by atoms with van der Waals surface area (Å²) in [6, 6.07) is 3.85. The summed E-state index contributed by atoms with van der Waals surface area (Å²) >= 11 is 0. The number of nitrogens with zero attached hydrogens (tertiary/aromatic N) is 2. The molecule has 0 atom stereocenters. The van der Waals surface area contributed by atoms with Gasteiger partial charge in [0.25, 0.3) is 0 Å². The molecule has 0 saturated carbocycles. The van der Waals surface area contributed by atoms with E-state index in [4.69, 9.17) is 0 Å². The monoisotopic (exact) mass is 163 g/mol. The number of fused-ring (bicyclic) bond motifs is 1. The summed E-state index contributed by atoms with van der Waals surface area (Å²) in [6.45, 7) is 5.92. The Labute approximate surface area is 71.9 Å². The molecule has 12 heavy (non-hydrogen) atoms. The second kappa shape index (κ2) is 3.85. The van der Waals surface area contributed by atoms with E-state index in [1.807, 2.05) is 32.9 Å². The number of hydrogen-bond donors (Lipinski definition) is 1. The van der Waals surface area contributed by atoms with Crippen LogP contribution in [0.25, 0.3) is 11.2 Å². The van der Waals surface area contributed by atoms with Crippen molar-refractivity contribution in [2.24, 2.45) is 0 Å². The molecule has 3 heteroatoms. The number of aromatic nitrogens is 3. The van der Waals surface area contributed by atoms with Crippen molar-refractivity contribution in [2.45, 2.75) is 20.8 Å². The van der Waals surface area contributed by atoms with Gasteiger partial charge in [0.1, 0.15) is 5.82 Å². The van der Waals surface area contributed by atoms with Crippen molar-refractivity contribution in [1.82, 2.24) is 15.0 Å². The first-order valence-electron chi connectivity index (χ1n) is 4.13. The van der Waals surface area contributed by atoms with E-state index >= 15 is 0 Å². The maximum atomic E-state index is 4.15. The lowest BCUT2D eigenvalue weighted by molar-refractivity contribution is 1.16. The molecule has 0 aliphatic heterocycles. The number of aryl methyl sites for hydroxylation is 1. The molecular formula is C9H13N3. The third kappa shape index (κ3) is 1.61. The molecule has 0 radical (unpaired) electrons. The van der Waals surface area contributed by atoms with Gasteiger partial charge in [-0.2, -0.15) is 0 Å². The highest BCUT2D eigenvalue weighted by atomic mass is 15.0. The van der Waals surface area contributed by atoms with Gasteiger partial charge in [-0.3, -0.25) is 0 Å². The van der Waals surface area contributed by atoms with E-state index in [9.17, 15) is 0 Å². The Morgan fingerprint density at radius 3 is 2.75 bits per heavy atom. The number of rotatable bonds is 0. The fourth-order valence-electron chi connectivity index (χ4n) is 0.965. The highest BCUT2D eigenvalue weighted by molar-refractivity contribution is 5.69. The Morgan fingerprint density at radius 1 is 1.33 bits per heavy atom. The molecule has 1 N–H and O–H groups in total. The second-order valence-corrected chi connectivity index (χ2v) is 2.20. The fourth-order valence-corrected chi connectivity index (χ4v) is 0.965. The summed E-state index contributed by atoms with van der Waals surface area (Å²) in [7, 11) is 0. The highest BCUT2D eigenvalue weighted by Gasteiger charge is 1.95. The highest BCUT2D eigenvalue weighted by Crippen LogP contribution is 2.05. The van der Waals surface area contributed by atoms with Gasteiger partial charge in [-0.25, -0.2) is 9.97 Å². The van der Waals surface area contributed by atoms with Crippen LogP contribution in [0.5, 0.6) is 0 Å². The summed E-state index contributed by atoms with van der Waals surface area (Å²) in [5.41, 5.74) is 1.79. The van der Waals surface area contributed by atoms with Gasteiger partial charge < -0.3 is 4.98 Å². The Kier molecular flexibility index (Phi) is 2.80. The van der Waals surface area contributed by atoms with Crippen LogP contribution in [0.15, 0.2) is 18.3 Å². The van der Waals surface area contributed by atoms with Crippen LogP contribution in [0.4, 0.5) is 0 Å². The van der Waals surface area contributed by atoms with E-state index < -0.39 is 0 Å². The van der Waals surface area contributed by atoms with Crippen molar-refractivity contribution in [1.29, 1.82) is 0 Å². The summed E-state index contributed by atoms with van der Waals surface area (Å²) in [4.78, 5) is 11.3. The van der Waals surface area contributed by atoms with Gasteiger partial charge in [0.15, 0.2) is 5.65 Å². The number of hydrogen-bond acceptors (Lipinski definition) is 2. The predicted molar refractivity (Wildman–Crippen MR) is 50.0 cm³/mol. The summed E-state index contributed by atoms with van der Waals surface area (Å²) in [5, 5.41) is 0. The zero-order valence-corrected chi connectivity index (χ0v) is 7.63. The van der Waals surface area contributed by atoms with Crippen LogP contribution in [-0.4, -0.2) is 15.0 Å². The Bertz CT molecular complexity index is 318. The Hall–Kier alpha value is -1.38. The van der Waals surface area contributed by atoms with E-state index in [1.54, 1.807) is 6.20 Å². The van der Waals surface area contributed by atoms with Crippen LogP contribution in [0.2, 0.25) is 0 Å². The van der Waals surface area contributed by atoms with Crippen LogP contribution < -0.4 is 0 Å². The lowest BCUT2D eigenvalue weighted by atomic mass is 10.4. The van der Waals surface area contributed by atoms with Crippen molar-refractivity contribution in [2.75, 3.05) is 0 Å². The molecule has 2 heterocycles. The lowest BCUT2D eigenvalue weighted by Crippen LogP contribution is -1.72. The summed E-state index contributed by atoms with van der Waals surface area (Å²) in [6.07, 6.45) is 1.74. The minimum Gasteiger partial charge on any atom is -0.341 e. The summed E-state index contributed by atoms with van der Waals surface area (Å²) < 4.78 is 0. The molecule has 0 bridgehead atoms. The minimum atomic E-state index is 0.792.